The van der Waals surface area contributed by atoms with Crippen LogP contribution >= 0.6 is 15.9 Å². The van der Waals surface area contributed by atoms with E-state index in [-0.39, 0.29) is 0 Å². The number of halogens is 1. The number of nitrogens with zero attached hydrogens (tertiary/aromatic N) is 4. The molecule has 0 atom stereocenters. The van der Waals surface area contributed by atoms with Crippen LogP contribution in [0.3, 0.4) is 0 Å². The van der Waals surface area contributed by atoms with Crippen LogP contribution in [0.5, 0.6) is 0 Å². The molecule has 0 unspecified atom stereocenters. The first-order chi connectivity index (χ1) is 8.24. The lowest BCUT2D eigenvalue weighted by Crippen LogP contribution is -2.38. The molecular weight excluding hydrogens is 304 g/mol. The van der Waals surface area contributed by atoms with Crippen molar-refractivity contribution < 1.29 is 4.21 Å². The van der Waals surface area contributed by atoms with Crippen molar-refractivity contribution >= 4 is 38.3 Å². The molecule has 1 saturated heterocycles. The van der Waals surface area contributed by atoms with Gasteiger partial charge < -0.3 is 4.90 Å². The van der Waals surface area contributed by atoms with Gasteiger partial charge in [-0.25, -0.2) is 0 Å². The second kappa shape index (κ2) is 4.38. The molecule has 3 rings (SSSR count). The molecule has 2 aromatic heterocycles. The van der Waals surface area contributed by atoms with Crippen LogP contribution in [-0.2, 0) is 10.8 Å². The molecule has 17 heavy (non-hydrogen) atoms. The van der Waals surface area contributed by atoms with Gasteiger partial charge >= 0.3 is 0 Å². The van der Waals surface area contributed by atoms with Crippen molar-refractivity contribution in [2.24, 2.45) is 0 Å². The van der Waals surface area contributed by atoms with Crippen LogP contribution in [0.4, 0.5) is 5.95 Å². The van der Waals surface area contributed by atoms with Gasteiger partial charge in [0.1, 0.15) is 0 Å². The molecular formula is C10H11BrN4OS. The zero-order chi connectivity index (χ0) is 11.8. The second-order valence-electron chi connectivity index (χ2n) is 3.91. The van der Waals surface area contributed by atoms with Crippen molar-refractivity contribution in [3.63, 3.8) is 0 Å². The lowest BCUT2D eigenvalue weighted by molar-refractivity contribution is 0.670. The van der Waals surface area contributed by atoms with Gasteiger partial charge in [-0.2, -0.15) is 0 Å². The summed E-state index contributed by atoms with van der Waals surface area (Å²) in [5.74, 6) is 2.25. The van der Waals surface area contributed by atoms with Crippen LogP contribution in [0.2, 0.25) is 0 Å². The zero-order valence-electron chi connectivity index (χ0n) is 9.04. The fraction of sp³-hybridized carbons (Fsp3) is 0.400. The largest absolute Gasteiger partial charge is 0.339 e. The summed E-state index contributed by atoms with van der Waals surface area (Å²) in [6.07, 6.45) is 1.95. The summed E-state index contributed by atoms with van der Waals surface area (Å²) in [6.45, 7) is 1.56. The molecule has 0 amide bonds. The molecule has 90 valence electrons. The van der Waals surface area contributed by atoms with E-state index in [1.54, 1.807) is 0 Å². The van der Waals surface area contributed by atoms with E-state index in [1.807, 2.05) is 22.7 Å². The smallest absolute Gasteiger partial charge is 0.231 e. The second-order valence-corrected chi connectivity index (χ2v) is 6.52. The summed E-state index contributed by atoms with van der Waals surface area (Å²) in [4.78, 5) is 2.13. The van der Waals surface area contributed by atoms with E-state index in [2.05, 4.69) is 31.0 Å². The van der Waals surface area contributed by atoms with E-state index in [0.29, 0.717) is 11.5 Å². The SMILES string of the molecule is O=S1CCN(c2nnc3ccc(Br)cn23)CC1. The molecule has 5 nitrogen and oxygen atoms in total. The highest BCUT2D eigenvalue weighted by Crippen LogP contribution is 2.18. The van der Waals surface area contributed by atoms with Crippen molar-refractivity contribution in [2.45, 2.75) is 0 Å². The van der Waals surface area contributed by atoms with Gasteiger partial charge in [-0.05, 0) is 28.1 Å². The number of pyridine rings is 1. The third-order valence-corrected chi connectivity index (χ3v) is 4.55. The molecule has 7 heteroatoms. The minimum Gasteiger partial charge on any atom is -0.339 e. The number of rotatable bonds is 1. The van der Waals surface area contributed by atoms with E-state index in [1.165, 1.54) is 0 Å². The Morgan fingerprint density at radius 1 is 1.24 bits per heavy atom. The van der Waals surface area contributed by atoms with Crippen molar-refractivity contribution in [1.82, 2.24) is 14.6 Å². The minimum atomic E-state index is -0.669. The lowest BCUT2D eigenvalue weighted by atomic mass is 10.4. The van der Waals surface area contributed by atoms with E-state index in [4.69, 9.17) is 0 Å². The maximum atomic E-state index is 11.3. The maximum Gasteiger partial charge on any atom is 0.231 e. The Labute approximate surface area is 109 Å². The molecule has 0 spiro atoms. The van der Waals surface area contributed by atoms with Gasteiger partial charge in [0.05, 0.1) is 0 Å². The topological polar surface area (TPSA) is 50.5 Å². The highest BCUT2D eigenvalue weighted by Gasteiger charge is 2.19. The quantitative estimate of drug-likeness (QED) is 0.790. The van der Waals surface area contributed by atoms with Crippen LogP contribution < -0.4 is 4.90 Å². The van der Waals surface area contributed by atoms with E-state index >= 15 is 0 Å². The van der Waals surface area contributed by atoms with Crippen molar-refractivity contribution in [2.75, 3.05) is 29.5 Å². The third kappa shape index (κ3) is 2.09. The minimum absolute atomic E-state index is 0.669. The first kappa shape index (κ1) is 11.2. The summed E-state index contributed by atoms with van der Waals surface area (Å²) >= 11 is 3.44. The van der Waals surface area contributed by atoms with Crippen LogP contribution in [0.1, 0.15) is 0 Å². The molecule has 1 fully saturated rings. The number of hydrogen-bond donors (Lipinski definition) is 0. The van der Waals surface area contributed by atoms with Crippen LogP contribution in [-0.4, -0.2) is 43.4 Å². The normalized spacial score (nSPS) is 17.8. The standard InChI is InChI=1S/C10H11BrN4OS/c11-8-1-2-9-12-13-10(15(9)7-8)14-3-5-17(16)6-4-14/h1-2,7H,3-6H2. The Balaban J connectivity index is 1.99. The number of anilines is 1. The third-order valence-electron chi connectivity index (χ3n) is 2.81. The van der Waals surface area contributed by atoms with Crippen molar-refractivity contribution in [1.29, 1.82) is 0 Å². The van der Waals surface area contributed by atoms with Gasteiger partial charge in [-0.3, -0.25) is 8.61 Å². The summed E-state index contributed by atoms with van der Waals surface area (Å²) in [5.41, 5.74) is 0.829. The predicted octanol–water partition coefficient (Wildman–Crippen LogP) is 1.06. The molecule has 0 N–H and O–H groups in total. The Hall–Kier alpha value is -0.950. The molecule has 0 saturated carbocycles. The average molecular weight is 315 g/mol. The first-order valence-corrected chi connectivity index (χ1v) is 7.62. The molecule has 1 aliphatic rings. The highest BCUT2D eigenvalue weighted by atomic mass is 79.9. The highest BCUT2D eigenvalue weighted by molar-refractivity contribution is 9.10. The van der Waals surface area contributed by atoms with E-state index in [9.17, 15) is 4.21 Å². The molecule has 0 aliphatic carbocycles. The monoisotopic (exact) mass is 314 g/mol. The first-order valence-electron chi connectivity index (χ1n) is 5.34. The molecule has 1 aliphatic heterocycles. The summed E-state index contributed by atoms with van der Waals surface area (Å²) in [6, 6.07) is 3.86. The summed E-state index contributed by atoms with van der Waals surface area (Å²) < 4.78 is 14.3. The van der Waals surface area contributed by atoms with Gasteiger partial charge in [-0.15, -0.1) is 10.2 Å². The Morgan fingerprint density at radius 2 is 2.00 bits per heavy atom. The van der Waals surface area contributed by atoms with Crippen LogP contribution in [0.15, 0.2) is 22.8 Å². The van der Waals surface area contributed by atoms with E-state index < -0.39 is 10.8 Å². The number of fused-ring (bicyclic) bond motifs is 1. The van der Waals surface area contributed by atoms with Gasteiger partial charge in [0.15, 0.2) is 5.65 Å². The van der Waals surface area contributed by atoms with E-state index in [0.717, 1.165) is 29.2 Å². The fourth-order valence-corrected chi connectivity index (χ4v) is 3.30. The van der Waals surface area contributed by atoms with Crippen LogP contribution in [0.25, 0.3) is 5.65 Å². The fourth-order valence-electron chi connectivity index (χ4n) is 1.91. The Morgan fingerprint density at radius 3 is 2.76 bits per heavy atom. The van der Waals surface area contributed by atoms with Crippen LogP contribution in [0, 0.1) is 0 Å². The molecule has 2 aromatic rings. The van der Waals surface area contributed by atoms with Crippen molar-refractivity contribution in [3.05, 3.63) is 22.8 Å². The van der Waals surface area contributed by atoms with Gasteiger partial charge in [0, 0.05) is 46.1 Å². The Bertz CT molecular complexity index is 575. The molecule has 0 radical (unpaired) electrons. The maximum absolute atomic E-state index is 11.3. The van der Waals surface area contributed by atoms with Crippen molar-refractivity contribution in [3.8, 4) is 0 Å². The number of hydrogen-bond acceptors (Lipinski definition) is 4. The molecule has 0 bridgehead atoms. The predicted molar refractivity (Wildman–Crippen MR) is 70.8 cm³/mol. The summed E-state index contributed by atoms with van der Waals surface area (Å²) in [5, 5.41) is 8.33. The van der Waals surface area contributed by atoms with Gasteiger partial charge in [0.25, 0.3) is 0 Å². The molecule has 3 heterocycles. The van der Waals surface area contributed by atoms with Gasteiger partial charge in [-0.1, -0.05) is 0 Å². The van der Waals surface area contributed by atoms with Gasteiger partial charge in [0.2, 0.25) is 5.95 Å². The lowest BCUT2D eigenvalue weighted by Gasteiger charge is -2.25. The number of aromatic nitrogens is 3. The summed E-state index contributed by atoms with van der Waals surface area (Å²) in [7, 11) is -0.669. The molecule has 0 aromatic carbocycles. The zero-order valence-corrected chi connectivity index (χ0v) is 11.4. The average Bonchev–Trinajstić information content (AvgIpc) is 2.73. The Kier molecular flexibility index (Phi) is 2.87.